The molecule has 1 heterocycles. The summed E-state index contributed by atoms with van der Waals surface area (Å²) in [5.41, 5.74) is 1.03. The molecular formula is C13H22ClN3. The van der Waals surface area contributed by atoms with Crippen LogP contribution in [0, 0.1) is 0 Å². The van der Waals surface area contributed by atoms with Gasteiger partial charge in [-0.15, -0.1) is 0 Å². The number of hydrogen-bond donors (Lipinski definition) is 0. The maximum atomic E-state index is 5.90. The Labute approximate surface area is 109 Å². The molecule has 0 fully saturated rings. The second-order valence-corrected chi connectivity index (χ2v) is 5.01. The Morgan fingerprint density at radius 2 is 2.06 bits per heavy atom. The minimum Gasteiger partial charge on any atom is -0.308 e. The van der Waals surface area contributed by atoms with E-state index in [1.54, 1.807) is 0 Å². The van der Waals surface area contributed by atoms with Crippen molar-refractivity contribution in [3.8, 4) is 0 Å². The highest BCUT2D eigenvalue weighted by atomic mass is 35.5. The van der Waals surface area contributed by atoms with Crippen molar-refractivity contribution in [1.29, 1.82) is 0 Å². The van der Waals surface area contributed by atoms with Crippen molar-refractivity contribution in [1.82, 2.24) is 14.8 Å². The maximum Gasteiger partial charge on any atom is 0.129 e. The van der Waals surface area contributed by atoms with Gasteiger partial charge in [-0.25, -0.2) is 4.98 Å². The molecule has 0 aliphatic heterocycles. The molecule has 1 aromatic rings. The van der Waals surface area contributed by atoms with E-state index in [1.165, 1.54) is 0 Å². The lowest BCUT2D eigenvalue weighted by Gasteiger charge is -2.29. The lowest BCUT2D eigenvalue weighted by molar-refractivity contribution is 0.172. The first kappa shape index (κ1) is 14.4. The van der Waals surface area contributed by atoms with Crippen molar-refractivity contribution in [3.63, 3.8) is 0 Å². The number of halogens is 1. The van der Waals surface area contributed by atoms with Crippen LogP contribution >= 0.6 is 11.6 Å². The molecule has 0 N–H and O–H groups in total. The zero-order chi connectivity index (χ0) is 12.8. The summed E-state index contributed by atoms with van der Waals surface area (Å²) in [6.07, 6.45) is 0. The standard InChI is InChI=1S/C13H22ClN3/c1-5-17(11(2)9-16(3)4)10-12-7-6-8-13(14)15-12/h6-8,11H,5,9-10H2,1-4H3. The molecule has 3 nitrogen and oxygen atoms in total. The van der Waals surface area contributed by atoms with E-state index >= 15 is 0 Å². The first-order valence-electron chi connectivity index (χ1n) is 6.03. The molecule has 4 heteroatoms. The lowest BCUT2D eigenvalue weighted by atomic mass is 10.2. The summed E-state index contributed by atoms with van der Waals surface area (Å²) in [6, 6.07) is 6.30. The van der Waals surface area contributed by atoms with Crippen molar-refractivity contribution in [3.05, 3.63) is 29.0 Å². The van der Waals surface area contributed by atoms with Gasteiger partial charge in [-0.1, -0.05) is 24.6 Å². The summed E-state index contributed by atoms with van der Waals surface area (Å²) in [4.78, 5) is 8.94. The Morgan fingerprint density at radius 3 is 2.59 bits per heavy atom. The van der Waals surface area contributed by atoms with E-state index in [0.717, 1.165) is 25.3 Å². The third-order valence-corrected chi connectivity index (χ3v) is 3.01. The van der Waals surface area contributed by atoms with Gasteiger partial charge in [0, 0.05) is 19.1 Å². The Hall–Kier alpha value is -0.640. The van der Waals surface area contributed by atoms with E-state index in [2.05, 4.69) is 42.7 Å². The SMILES string of the molecule is CCN(Cc1cccc(Cl)n1)C(C)CN(C)C. The lowest BCUT2D eigenvalue weighted by Crippen LogP contribution is -2.39. The number of pyridine rings is 1. The van der Waals surface area contributed by atoms with E-state index in [4.69, 9.17) is 11.6 Å². The fourth-order valence-corrected chi connectivity index (χ4v) is 2.15. The van der Waals surface area contributed by atoms with Gasteiger partial charge in [-0.05, 0) is 39.7 Å². The van der Waals surface area contributed by atoms with Gasteiger partial charge < -0.3 is 4.90 Å². The van der Waals surface area contributed by atoms with Gasteiger partial charge in [-0.3, -0.25) is 4.90 Å². The van der Waals surface area contributed by atoms with Crippen LogP contribution in [0.4, 0.5) is 0 Å². The second-order valence-electron chi connectivity index (χ2n) is 4.63. The van der Waals surface area contributed by atoms with Crippen LogP contribution < -0.4 is 0 Å². The summed E-state index contributed by atoms with van der Waals surface area (Å²) < 4.78 is 0. The molecule has 0 saturated heterocycles. The van der Waals surface area contributed by atoms with Crippen LogP contribution in [0.1, 0.15) is 19.5 Å². The number of nitrogens with zero attached hydrogens (tertiary/aromatic N) is 3. The fraction of sp³-hybridized carbons (Fsp3) is 0.615. The summed E-state index contributed by atoms with van der Waals surface area (Å²) in [7, 11) is 4.20. The number of aromatic nitrogens is 1. The van der Waals surface area contributed by atoms with Gasteiger partial charge in [0.15, 0.2) is 0 Å². The van der Waals surface area contributed by atoms with Crippen LogP contribution in [0.2, 0.25) is 5.15 Å². The summed E-state index contributed by atoms with van der Waals surface area (Å²) in [6.45, 7) is 7.34. The van der Waals surface area contributed by atoms with E-state index in [1.807, 2.05) is 18.2 Å². The highest BCUT2D eigenvalue weighted by Crippen LogP contribution is 2.10. The predicted molar refractivity (Wildman–Crippen MR) is 73.3 cm³/mol. The van der Waals surface area contributed by atoms with Crippen molar-refractivity contribution in [2.75, 3.05) is 27.2 Å². The minimum absolute atomic E-state index is 0.510. The molecular weight excluding hydrogens is 234 g/mol. The second kappa shape index (κ2) is 6.94. The highest BCUT2D eigenvalue weighted by Gasteiger charge is 2.13. The monoisotopic (exact) mass is 255 g/mol. The van der Waals surface area contributed by atoms with Crippen LogP contribution in [0.5, 0.6) is 0 Å². The molecule has 1 atom stereocenters. The van der Waals surface area contributed by atoms with Crippen molar-refractivity contribution in [2.45, 2.75) is 26.4 Å². The van der Waals surface area contributed by atoms with Crippen LogP contribution in [-0.2, 0) is 6.54 Å². The quantitative estimate of drug-likeness (QED) is 0.729. The molecule has 1 unspecified atom stereocenters. The van der Waals surface area contributed by atoms with E-state index in [9.17, 15) is 0 Å². The smallest absolute Gasteiger partial charge is 0.129 e. The summed E-state index contributed by atoms with van der Waals surface area (Å²) in [5.74, 6) is 0. The minimum atomic E-state index is 0.510. The molecule has 96 valence electrons. The molecule has 0 saturated carbocycles. The molecule has 17 heavy (non-hydrogen) atoms. The van der Waals surface area contributed by atoms with Gasteiger partial charge in [0.2, 0.25) is 0 Å². The Balaban J connectivity index is 2.63. The first-order valence-corrected chi connectivity index (χ1v) is 6.41. The van der Waals surface area contributed by atoms with Crippen LogP contribution in [0.25, 0.3) is 0 Å². The fourth-order valence-electron chi connectivity index (χ4n) is 1.97. The predicted octanol–water partition coefficient (Wildman–Crippen LogP) is 2.51. The maximum absolute atomic E-state index is 5.90. The van der Waals surface area contributed by atoms with Crippen molar-refractivity contribution in [2.24, 2.45) is 0 Å². The topological polar surface area (TPSA) is 19.4 Å². The van der Waals surface area contributed by atoms with Crippen molar-refractivity contribution >= 4 is 11.6 Å². The third kappa shape index (κ3) is 5.02. The normalized spacial score (nSPS) is 13.4. The molecule has 0 amide bonds. The summed E-state index contributed by atoms with van der Waals surface area (Å²) in [5, 5.41) is 0.568. The zero-order valence-corrected chi connectivity index (χ0v) is 11.9. The van der Waals surface area contributed by atoms with Gasteiger partial charge in [-0.2, -0.15) is 0 Å². The molecule has 1 aromatic heterocycles. The van der Waals surface area contributed by atoms with Crippen LogP contribution in [0.15, 0.2) is 18.2 Å². The average Bonchev–Trinajstić information content (AvgIpc) is 2.24. The van der Waals surface area contributed by atoms with E-state index in [0.29, 0.717) is 11.2 Å². The Kier molecular flexibility index (Phi) is 5.89. The van der Waals surface area contributed by atoms with E-state index < -0.39 is 0 Å². The summed E-state index contributed by atoms with van der Waals surface area (Å²) >= 11 is 5.90. The van der Waals surface area contributed by atoms with Crippen LogP contribution in [0.3, 0.4) is 0 Å². The molecule has 0 radical (unpaired) electrons. The largest absolute Gasteiger partial charge is 0.308 e. The molecule has 0 aromatic carbocycles. The third-order valence-electron chi connectivity index (χ3n) is 2.80. The van der Waals surface area contributed by atoms with Gasteiger partial charge in [0.1, 0.15) is 5.15 Å². The van der Waals surface area contributed by atoms with Gasteiger partial charge in [0.05, 0.1) is 5.69 Å². The van der Waals surface area contributed by atoms with Gasteiger partial charge >= 0.3 is 0 Å². The number of likely N-dealkylation sites (N-methyl/N-ethyl adjacent to an activating group) is 2. The van der Waals surface area contributed by atoms with E-state index in [-0.39, 0.29) is 0 Å². The molecule has 0 aliphatic carbocycles. The van der Waals surface area contributed by atoms with Crippen molar-refractivity contribution < 1.29 is 0 Å². The number of hydrogen-bond acceptors (Lipinski definition) is 3. The van der Waals surface area contributed by atoms with Crippen LogP contribution in [-0.4, -0.2) is 48.0 Å². The Bertz CT molecular complexity index is 341. The molecule has 0 bridgehead atoms. The Morgan fingerprint density at radius 1 is 1.35 bits per heavy atom. The molecule has 1 rings (SSSR count). The van der Waals surface area contributed by atoms with Gasteiger partial charge in [0.25, 0.3) is 0 Å². The highest BCUT2D eigenvalue weighted by molar-refractivity contribution is 6.29. The molecule has 0 spiro atoms. The zero-order valence-electron chi connectivity index (χ0n) is 11.2. The first-order chi connectivity index (χ1) is 8.02. The average molecular weight is 256 g/mol. The molecule has 0 aliphatic rings. The number of rotatable bonds is 6.